The average Bonchev–Trinajstić information content (AvgIpc) is 3.09. The van der Waals surface area contributed by atoms with Gasteiger partial charge in [-0.2, -0.15) is 0 Å². The molecule has 4 aromatic rings. The van der Waals surface area contributed by atoms with E-state index in [1.54, 1.807) is 20.7 Å². The average molecular weight is 765 g/mol. The van der Waals surface area contributed by atoms with E-state index in [0.717, 1.165) is 44.3 Å². The molecule has 0 radical (unpaired) electrons. The second-order valence-corrected chi connectivity index (χ2v) is 46.6. The van der Waals surface area contributed by atoms with E-state index in [0.29, 0.717) is 0 Å². The molecule has 0 spiro atoms. The van der Waals surface area contributed by atoms with Gasteiger partial charge in [0.05, 0.1) is 30.4 Å². The van der Waals surface area contributed by atoms with Gasteiger partial charge in [0, 0.05) is 0 Å². The van der Waals surface area contributed by atoms with Gasteiger partial charge < -0.3 is 0 Å². The lowest BCUT2D eigenvalue weighted by atomic mass is 10.4. The van der Waals surface area contributed by atoms with Crippen molar-refractivity contribution in [3.63, 3.8) is 0 Å². The molecule has 0 saturated heterocycles. The van der Waals surface area contributed by atoms with Crippen LogP contribution >= 0.6 is 0 Å². The van der Waals surface area contributed by atoms with Crippen LogP contribution in [0.2, 0.25) is 44.3 Å². The van der Waals surface area contributed by atoms with Crippen molar-refractivity contribution in [3.8, 4) is 0 Å². The van der Waals surface area contributed by atoms with Crippen LogP contribution in [0.4, 0.5) is 0 Å². The Bertz CT molecular complexity index is 1310. The maximum atomic E-state index is 2.52. The van der Waals surface area contributed by atoms with Crippen LogP contribution in [0, 0.1) is 0 Å². The summed E-state index contributed by atoms with van der Waals surface area (Å²) in [5, 5.41) is 6.73. The van der Waals surface area contributed by atoms with Crippen LogP contribution in [-0.4, -0.2) is 30.4 Å². The topological polar surface area (TPSA) is 0 Å². The second kappa shape index (κ2) is 18.4. The molecule has 0 unspecified atom stereocenters. The molecule has 0 aromatic heterocycles. The summed E-state index contributed by atoms with van der Waals surface area (Å²) in [7, 11) is -7.34. The van der Waals surface area contributed by atoms with Crippen molar-refractivity contribution in [2.75, 3.05) is 0 Å². The maximum Gasteiger partial charge on any atom is 0.0910 e. The predicted molar refractivity (Wildman–Crippen MR) is 248 cm³/mol. The molecule has 0 heterocycles. The Morgan fingerprint density at radius 1 is 0.212 bits per heavy atom. The van der Waals surface area contributed by atoms with Gasteiger partial charge in [0.25, 0.3) is 0 Å². The third-order valence-electron chi connectivity index (χ3n) is 13.7. The molecule has 0 aliphatic rings. The van der Waals surface area contributed by atoms with Crippen molar-refractivity contribution in [2.24, 2.45) is 0 Å². The van der Waals surface area contributed by atoms with Crippen LogP contribution in [0.25, 0.3) is 0 Å². The minimum atomic E-state index is -1.83. The largest absolute Gasteiger partial charge is 0.0910 e. The van der Waals surface area contributed by atoms with E-state index in [-0.39, 0.29) is 0 Å². The lowest BCUT2D eigenvalue weighted by molar-refractivity contribution is 0.884. The summed E-state index contributed by atoms with van der Waals surface area (Å²) in [6.07, 6.45) is 0. The van der Waals surface area contributed by atoms with E-state index in [9.17, 15) is 0 Å². The SMILES string of the molecule is CC(C)[Si](c1ccccc1)(C(C)C)[Si](c1ccccc1)(C(C)C)C(C)C.CC(C)[Si](c1ccccc1)(C(C)C)[Si](c1ccccc1)(C(C)C)C(C)C. The van der Waals surface area contributed by atoms with Gasteiger partial charge in [-0.05, 0) is 44.3 Å². The normalized spacial score (nSPS) is 13.2. The molecule has 0 aliphatic carbocycles. The zero-order valence-corrected chi connectivity index (χ0v) is 40.2. The summed E-state index contributed by atoms with van der Waals surface area (Å²) in [5.74, 6) is 0. The van der Waals surface area contributed by atoms with Gasteiger partial charge in [-0.1, -0.05) is 253 Å². The van der Waals surface area contributed by atoms with E-state index in [2.05, 4.69) is 232 Å². The summed E-state index contributed by atoms with van der Waals surface area (Å²) in [5.41, 5.74) is 5.79. The highest BCUT2D eigenvalue weighted by Crippen LogP contribution is 2.50. The predicted octanol–water partition coefficient (Wildman–Crippen LogP) is 12.8. The van der Waals surface area contributed by atoms with Gasteiger partial charge >= 0.3 is 0 Å². The lowest BCUT2D eigenvalue weighted by Gasteiger charge is -2.58. The molecule has 0 nitrogen and oxygen atoms in total. The minimum Gasteiger partial charge on any atom is -0.0650 e. The highest BCUT2D eigenvalue weighted by molar-refractivity contribution is 7.53. The van der Waals surface area contributed by atoms with E-state index < -0.39 is 30.4 Å². The fraction of sp³-hybridized carbons (Fsp3) is 0.500. The molecule has 52 heavy (non-hydrogen) atoms. The second-order valence-electron chi connectivity index (χ2n) is 18.2. The van der Waals surface area contributed by atoms with Gasteiger partial charge in [-0.25, -0.2) is 0 Å². The Labute approximate surface area is 325 Å². The molecular weight excluding hydrogens is 689 g/mol. The van der Waals surface area contributed by atoms with Gasteiger partial charge in [-0.3, -0.25) is 0 Å². The van der Waals surface area contributed by atoms with Crippen molar-refractivity contribution >= 4 is 51.1 Å². The zero-order chi connectivity index (χ0) is 39.1. The molecule has 4 rings (SSSR count). The number of hydrogen-bond donors (Lipinski definition) is 0. The molecular formula is C48H76Si4. The summed E-state index contributed by atoms with van der Waals surface area (Å²) < 4.78 is 0. The van der Waals surface area contributed by atoms with Crippen LogP contribution in [0.1, 0.15) is 111 Å². The fourth-order valence-corrected chi connectivity index (χ4v) is 66.8. The van der Waals surface area contributed by atoms with Crippen LogP contribution in [-0.2, 0) is 0 Å². The first-order chi connectivity index (χ1) is 24.5. The molecule has 284 valence electrons. The Kier molecular flexibility index (Phi) is 15.6. The maximum absolute atomic E-state index is 2.52. The smallest absolute Gasteiger partial charge is 0.0650 e. The molecule has 0 fully saturated rings. The van der Waals surface area contributed by atoms with Crippen LogP contribution < -0.4 is 20.7 Å². The molecule has 0 bridgehead atoms. The Morgan fingerprint density at radius 3 is 0.423 bits per heavy atom. The van der Waals surface area contributed by atoms with Crippen molar-refractivity contribution in [1.82, 2.24) is 0 Å². The summed E-state index contributed by atoms with van der Waals surface area (Å²) in [6, 6.07) is 46.6. The van der Waals surface area contributed by atoms with Gasteiger partial charge in [0.1, 0.15) is 0 Å². The first kappa shape index (κ1) is 44.1. The van der Waals surface area contributed by atoms with Gasteiger partial charge in [0.15, 0.2) is 0 Å². The highest BCUT2D eigenvalue weighted by Gasteiger charge is 2.64. The summed E-state index contributed by atoms with van der Waals surface area (Å²) in [4.78, 5) is 0. The van der Waals surface area contributed by atoms with E-state index in [1.807, 2.05) is 0 Å². The van der Waals surface area contributed by atoms with Crippen LogP contribution in [0.5, 0.6) is 0 Å². The lowest BCUT2D eigenvalue weighted by Crippen LogP contribution is -2.80. The minimum absolute atomic E-state index is 0.724. The Balaban J connectivity index is 0.000000280. The van der Waals surface area contributed by atoms with Gasteiger partial charge in [-0.15, -0.1) is 0 Å². The molecule has 0 amide bonds. The van der Waals surface area contributed by atoms with E-state index in [1.165, 1.54) is 0 Å². The van der Waals surface area contributed by atoms with Gasteiger partial charge in [0.2, 0.25) is 0 Å². The van der Waals surface area contributed by atoms with E-state index >= 15 is 0 Å². The first-order valence-electron chi connectivity index (χ1n) is 20.7. The molecule has 4 heteroatoms. The highest BCUT2D eigenvalue weighted by atomic mass is 29.3. The Hall–Kier alpha value is -2.25. The summed E-state index contributed by atoms with van der Waals surface area (Å²) >= 11 is 0. The molecule has 0 saturated carbocycles. The number of hydrogen-bond acceptors (Lipinski definition) is 0. The molecule has 0 atom stereocenters. The van der Waals surface area contributed by atoms with Crippen molar-refractivity contribution < 1.29 is 0 Å². The van der Waals surface area contributed by atoms with Crippen molar-refractivity contribution in [1.29, 1.82) is 0 Å². The first-order valence-corrected chi connectivity index (χ1v) is 31.3. The third-order valence-corrected chi connectivity index (χ3v) is 61.7. The van der Waals surface area contributed by atoms with Crippen LogP contribution in [0.15, 0.2) is 121 Å². The monoisotopic (exact) mass is 765 g/mol. The Morgan fingerprint density at radius 2 is 0.327 bits per heavy atom. The van der Waals surface area contributed by atoms with E-state index in [4.69, 9.17) is 0 Å². The summed E-state index contributed by atoms with van der Waals surface area (Å²) in [6.45, 7) is 40.4. The third kappa shape index (κ3) is 7.28. The number of benzene rings is 4. The standard InChI is InChI=1S/2C24H38Si2/c2*1-19(2)25(20(3)4,23-15-11-9-12-16-23)26(21(5)6,22(7)8)24-17-13-10-14-18-24/h2*9-22H,1-8H3. The molecule has 0 N–H and O–H groups in total. The van der Waals surface area contributed by atoms with Crippen LogP contribution in [0.3, 0.4) is 0 Å². The zero-order valence-electron chi connectivity index (χ0n) is 36.2. The van der Waals surface area contributed by atoms with Crippen molar-refractivity contribution in [2.45, 2.75) is 155 Å². The number of rotatable bonds is 14. The quantitative estimate of drug-likeness (QED) is 0.112. The molecule has 0 aliphatic heterocycles. The van der Waals surface area contributed by atoms with Crippen molar-refractivity contribution in [3.05, 3.63) is 121 Å². The molecule has 4 aromatic carbocycles. The fourth-order valence-electron chi connectivity index (χ4n) is 13.0.